The zero-order valence-electron chi connectivity index (χ0n) is 14.1. The van der Waals surface area contributed by atoms with Gasteiger partial charge in [0.25, 0.3) is 5.91 Å². The molecule has 2 aromatic carbocycles. The average Bonchev–Trinajstić information content (AvgIpc) is 3.40. The normalized spacial score (nSPS) is 11.9. The van der Waals surface area contributed by atoms with E-state index in [4.69, 9.17) is 4.52 Å². The Morgan fingerprint density at radius 2 is 1.81 bits per heavy atom. The minimum Gasteiger partial charge on any atom is -0.350 e. The van der Waals surface area contributed by atoms with Crippen molar-refractivity contribution in [3.63, 3.8) is 0 Å². The van der Waals surface area contributed by atoms with Gasteiger partial charge in [-0.25, -0.2) is 4.39 Å². The Morgan fingerprint density at radius 1 is 1.04 bits per heavy atom. The molecule has 27 heavy (non-hydrogen) atoms. The van der Waals surface area contributed by atoms with Crippen LogP contribution in [0.15, 0.2) is 82.7 Å². The summed E-state index contributed by atoms with van der Waals surface area (Å²) < 4.78 is 18.5. The number of carbonyl (C=O) groups excluding carboxylic acids is 1. The van der Waals surface area contributed by atoms with Crippen LogP contribution in [0.2, 0.25) is 0 Å². The molecule has 4 nitrogen and oxygen atoms in total. The first-order valence-electron chi connectivity index (χ1n) is 8.32. The van der Waals surface area contributed by atoms with Gasteiger partial charge in [-0.1, -0.05) is 53.7 Å². The van der Waals surface area contributed by atoms with Crippen LogP contribution in [0.4, 0.5) is 4.39 Å². The minimum absolute atomic E-state index is 0.123. The molecule has 0 aliphatic heterocycles. The Bertz CT molecular complexity index is 1030. The molecule has 1 N–H and O–H groups in total. The molecule has 2 aromatic heterocycles. The van der Waals surface area contributed by atoms with Gasteiger partial charge in [-0.2, -0.15) is 0 Å². The van der Waals surface area contributed by atoms with E-state index in [0.29, 0.717) is 5.69 Å². The summed E-state index contributed by atoms with van der Waals surface area (Å²) in [7, 11) is 0. The van der Waals surface area contributed by atoms with Gasteiger partial charge in [0.15, 0.2) is 0 Å². The maximum atomic E-state index is 13.3. The van der Waals surface area contributed by atoms with E-state index < -0.39 is 6.04 Å². The Labute approximate surface area is 159 Å². The number of hydrogen-bond donors (Lipinski definition) is 1. The van der Waals surface area contributed by atoms with E-state index in [9.17, 15) is 9.18 Å². The van der Waals surface area contributed by atoms with Gasteiger partial charge in [0.2, 0.25) is 5.76 Å². The van der Waals surface area contributed by atoms with Crippen molar-refractivity contribution >= 4 is 17.2 Å². The summed E-state index contributed by atoms with van der Waals surface area (Å²) in [5.41, 5.74) is 2.25. The first-order chi connectivity index (χ1) is 13.2. The quantitative estimate of drug-likeness (QED) is 0.528. The molecule has 0 fully saturated rings. The predicted molar refractivity (Wildman–Crippen MR) is 102 cm³/mol. The summed E-state index contributed by atoms with van der Waals surface area (Å²) >= 11 is 1.51. The van der Waals surface area contributed by atoms with Crippen LogP contribution in [-0.4, -0.2) is 11.1 Å². The molecule has 1 unspecified atom stereocenters. The summed E-state index contributed by atoms with van der Waals surface area (Å²) in [6, 6.07) is 20.6. The van der Waals surface area contributed by atoms with Gasteiger partial charge in [0.1, 0.15) is 11.5 Å². The summed E-state index contributed by atoms with van der Waals surface area (Å²) in [5, 5.41) is 8.86. The number of amides is 1. The molecule has 0 aliphatic carbocycles. The highest BCUT2D eigenvalue weighted by atomic mass is 32.1. The third-order valence-electron chi connectivity index (χ3n) is 4.11. The molecule has 0 aliphatic rings. The Kier molecular flexibility index (Phi) is 4.80. The lowest BCUT2D eigenvalue weighted by Gasteiger charge is -2.17. The predicted octanol–water partition coefficient (Wildman–Crippen LogP) is 5.06. The average molecular weight is 378 g/mol. The molecule has 4 aromatic rings. The number of rotatable bonds is 5. The molecule has 0 saturated carbocycles. The fourth-order valence-corrected chi connectivity index (χ4v) is 3.56. The molecular formula is C21H15FN2O2S. The molecule has 134 valence electrons. The second-order valence-electron chi connectivity index (χ2n) is 5.92. The smallest absolute Gasteiger partial charge is 0.290 e. The van der Waals surface area contributed by atoms with Crippen molar-refractivity contribution in [2.75, 3.05) is 0 Å². The van der Waals surface area contributed by atoms with Crippen molar-refractivity contribution in [3.05, 3.63) is 100 Å². The van der Waals surface area contributed by atoms with Crippen LogP contribution in [0.3, 0.4) is 0 Å². The first kappa shape index (κ1) is 17.2. The highest BCUT2D eigenvalue weighted by molar-refractivity contribution is 7.10. The van der Waals surface area contributed by atoms with Gasteiger partial charge in [-0.3, -0.25) is 4.79 Å². The van der Waals surface area contributed by atoms with E-state index in [1.54, 1.807) is 18.2 Å². The number of aromatic nitrogens is 1. The number of nitrogens with zero attached hydrogens (tertiary/aromatic N) is 1. The van der Waals surface area contributed by atoms with Crippen molar-refractivity contribution in [3.8, 4) is 11.3 Å². The molecule has 2 heterocycles. The molecule has 0 bridgehead atoms. The fourth-order valence-electron chi connectivity index (χ4n) is 2.76. The second-order valence-corrected chi connectivity index (χ2v) is 6.90. The highest BCUT2D eigenvalue weighted by Gasteiger charge is 2.21. The van der Waals surface area contributed by atoms with Crippen LogP contribution in [0, 0.1) is 5.82 Å². The van der Waals surface area contributed by atoms with Crippen molar-refractivity contribution < 1.29 is 13.7 Å². The topological polar surface area (TPSA) is 55.1 Å². The zero-order valence-corrected chi connectivity index (χ0v) is 14.9. The number of carbonyl (C=O) groups is 1. The minimum atomic E-state index is -0.400. The van der Waals surface area contributed by atoms with Crippen molar-refractivity contribution in [1.82, 2.24) is 10.5 Å². The molecule has 1 atom stereocenters. The molecular weight excluding hydrogens is 363 g/mol. The van der Waals surface area contributed by atoms with Crippen LogP contribution >= 0.6 is 11.3 Å². The van der Waals surface area contributed by atoms with Gasteiger partial charge in [-0.15, -0.1) is 11.3 Å². The van der Waals surface area contributed by atoms with Crippen molar-refractivity contribution in [2.45, 2.75) is 6.04 Å². The van der Waals surface area contributed by atoms with Gasteiger partial charge in [0, 0.05) is 16.5 Å². The first-order valence-corrected chi connectivity index (χ1v) is 9.20. The monoisotopic (exact) mass is 378 g/mol. The molecule has 0 saturated heterocycles. The lowest BCUT2D eigenvalue weighted by atomic mass is 10.0. The van der Waals surface area contributed by atoms with E-state index in [1.165, 1.54) is 23.5 Å². The largest absolute Gasteiger partial charge is 0.350 e. The maximum absolute atomic E-state index is 13.3. The van der Waals surface area contributed by atoms with E-state index in [0.717, 1.165) is 16.0 Å². The van der Waals surface area contributed by atoms with Crippen LogP contribution in [-0.2, 0) is 0 Å². The number of halogens is 1. The number of nitrogens with one attached hydrogen (secondary N) is 1. The van der Waals surface area contributed by atoms with Crippen molar-refractivity contribution in [2.24, 2.45) is 0 Å². The van der Waals surface area contributed by atoms with E-state index in [2.05, 4.69) is 10.5 Å². The van der Waals surface area contributed by atoms with Gasteiger partial charge >= 0.3 is 0 Å². The summed E-state index contributed by atoms with van der Waals surface area (Å²) in [5.74, 6) is -0.581. The standard InChI is InChI=1S/C21H15FN2O2S/c22-16-10-8-15(9-11-16)20(19-7-4-12-27-19)23-21(25)18-13-17(24-26-18)14-5-2-1-3-6-14/h1-13,20H,(H,23,25). The molecule has 6 heteroatoms. The Balaban J connectivity index is 1.59. The van der Waals surface area contributed by atoms with E-state index in [-0.39, 0.29) is 17.5 Å². The van der Waals surface area contributed by atoms with Gasteiger partial charge in [-0.05, 0) is 29.1 Å². The lowest BCUT2D eigenvalue weighted by molar-refractivity contribution is 0.0906. The number of thiophene rings is 1. The Hall–Kier alpha value is -3.25. The SMILES string of the molecule is O=C(NC(c1ccc(F)cc1)c1cccs1)c1cc(-c2ccccc2)no1. The van der Waals surface area contributed by atoms with Gasteiger partial charge in [0.05, 0.1) is 6.04 Å². The summed E-state index contributed by atoms with van der Waals surface area (Å²) in [6.45, 7) is 0. The second kappa shape index (κ2) is 7.55. The molecule has 1 amide bonds. The highest BCUT2D eigenvalue weighted by Crippen LogP contribution is 2.27. The van der Waals surface area contributed by atoms with Gasteiger partial charge < -0.3 is 9.84 Å². The third kappa shape index (κ3) is 3.80. The van der Waals surface area contributed by atoms with Crippen LogP contribution in [0.25, 0.3) is 11.3 Å². The number of benzene rings is 2. The number of hydrogen-bond acceptors (Lipinski definition) is 4. The zero-order chi connectivity index (χ0) is 18.6. The molecule has 4 rings (SSSR count). The van der Waals surface area contributed by atoms with Crippen LogP contribution < -0.4 is 5.32 Å². The van der Waals surface area contributed by atoms with E-state index >= 15 is 0 Å². The third-order valence-corrected chi connectivity index (χ3v) is 5.05. The molecule has 0 spiro atoms. The summed E-state index contributed by atoms with van der Waals surface area (Å²) in [4.78, 5) is 13.7. The maximum Gasteiger partial charge on any atom is 0.290 e. The Morgan fingerprint density at radius 3 is 2.52 bits per heavy atom. The van der Waals surface area contributed by atoms with E-state index in [1.807, 2.05) is 47.8 Å². The van der Waals surface area contributed by atoms with Crippen LogP contribution in [0.5, 0.6) is 0 Å². The lowest BCUT2D eigenvalue weighted by Crippen LogP contribution is -2.28. The van der Waals surface area contributed by atoms with Crippen molar-refractivity contribution in [1.29, 1.82) is 0 Å². The molecule has 0 radical (unpaired) electrons. The van der Waals surface area contributed by atoms with Crippen LogP contribution in [0.1, 0.15) is 27.0 Å². The summed E-state index contributed by atoms with van der Waals surface area (Å²) in [6.07, 6.45) is 0. The fraction of sp³-hybridized carbons (Fsp3) is 0.0476.